The van der Waals surface area contributed by atoms with Crippen LogP contribution in [0.5, 0.6) is 5.75 Å². The molecule has 0 aliphatic heterocycles. The van der Waals surface area contributed by atoms with Crippen LogP contribution in [0.3, 0.4) is 0 Å². The van der Waals surface area contributed by atoms with Crippen molar-refractivity contribution in [2.75, 3.05) is 7.11 Å². The SMILES string of the molecule is COC(=O)C(C)Oc1ccc(Br)c(F)c1. The number of hydrogen-bond acceptors (Lipinski definition) is 3. The van der Waals surface area contributed by atoms with Crippen LogP contribution in [0.1, 0.15) is 6.92 Å². The molecule has 0 saturated carbocycles. The fourth-order valence-corrected chi connectivity index (χ4v) is 1.21. The van der Waals surface area contributed by atoms with Gasteiger partial charge in [0.05, 0.1) is 11.6 Å². The molecule has 0 heterocycles. The van der Waals surface area contributed by atoms with Crippen molar-refractivity contribution >= 4 is 21.9 Å². The lowest BCUT2D eigenvalue weighted by molar-refractivity contribution is -0.147. The Morgan fingerprint density at radius 3 is 2.73 bits per heavy atom. The second-order valence-corrected chi connectivity index (χ2v) is 3.71. The first-order valence-electron chi connectivity index (χ1n) is 4.24. The predicted octanol–water partition coefficient (Wildman–Crippen LogP) is 2.53. The maximum Gasteiger partial charge on any atom is 0.346 e. The molecule has 0 amide bonds. The summed E-state index contributed by atoms with van der Waals surface area (Å²) in [5, 5.41) is 0. The largest absolute Gasteiger partial charge is 0.479 e. The molecule has 0 bridgehead atoms. The summed E-state index contributed by atoms with van der Waals surface area (Å²) in [4.78, 5) is 11.0. The Balaban J connectivity index is 2.73. The standard InChI is InChI=1S/C10H10BrFO3/c1-6(10(13)14-2)15-7-3-4-8(11)9(12)5-7/h3-6H,1-2H3. The van der Waals surface area contributed by atoms with Gasteiger partial charge >= 0.3 is 5.97 Å². The molecule has 1 atom stereocenters. The van der Waals surface area contributed by atoms with Crippen LogP contribution in [-0.2, 0) is 9.53 Å². The average molecular weight is 277 g/mol. The van der Waals surface area contributed by atoms with E-state index in [1.807, 2.05) is 0 Å². The summed E-state index contributed by atoms with van der Waals surface area (Å²) in [6.45, 7) is 1.53. The first-order valence-corrected chi connectivity index (χ1v) is 5.03. The van der Waals surface area contributed by atoms with Gasteiger partial charge in [-0.1, -0.05) is 0 Å². The van der Waals surface area contributed by atoms with E-state index in [0.717, 1.165) is 0 Å². The molecule has 0 fully saturated rings. The fourth-order valence-electron chi connectivity index (χ4n) is 0.968. The van der Waals surface area contributed by atoms with Crippen molar-refractivity contribution in [3.05, 3.63) is 28.5 Å². The maximum absolute atomic E-state index is 13.1. The van der Waals surface area contributed by atoms with Gasteiger partial charge in [-0.25, -0.2) is 9.18 Å². The molecule has 0 N–H and O–H groups in total. The zero-order valence-corrected chi connectivity index (χ0v) is 9.88. The van der Waals surface area contributed by atoms with Gasteiger partial charge in [-0.3, -0.25) is 0 Å². The first-order chi connectivity index (χ1) is 7.04. The summed E-state index contributed by atoms with van der Waals surface area (Å²) in [6.07, 6.45) is -0.754. The lowest BCUT2D eigenvalue weighted by Crippen LogP contribution is -2.24. The van der Waals surface area contributed by atoms with Gasteiger partial charge in [0.25, 0.3) is 0 Å². The molecule has 0 saturated heterocycles. The van der Waals surface area contributed by atoms with E-state index < -0.39 is 17.9 Å². The monoisotopic (exact) mass is 276 g/mol. The van der Waals surface area contributed by atoms with Crippen LogP contribution in [0, 0.1) is 5.82 Å². The van der Waals surface area contributed by atoms with Gasteiger partial charge in [-0.05, 0) is 35.0 Å². The van der Waals surface area contributed by atoms with Gasteiger partial charge in [0, 0.05) is 6.07 Å². The Morgan fingerprint density at radius 2 is 2.20 bits per heavy atom. The Kier molecular flexibility index (Phi) is 4.08. The molecular weight excluding hydrogens is 267 g/mol. The lowest BCUT2D eigenvalue weighted by Gasteiger charge is -2.12. The molecule has 3 nitrogen and oxygen atoms in total. The van der Waals surface area contributed by atoms with E-state index in [4.69, 9.17) is 4.74 Å². The zero-order chi connectivity index (χ0) is 11.4. The molecule has 82 valence electrons. The van der Waals surface area contributed by atoms with Crippen molar-refractivity contribution in [3.63, 3.8) is 0 Å². The molecule has 1 aromatic carbocycles. The van der Waals surface area contributed by atoms with Crippen LogP contribution in [0.4, 0.5) is 4.39 Å². The minimum absolute atomic E-state index is 0.286. The quantitative estimate of drug-likeness (QED) is 0.796. The third kappa shape index (κ3) is 3.20. The van der Waals surface area contributed by atoms with Crippen molar-refractivity contribution in [3.8, 4) is 5.75 Å². The minimum Gasteiger partial charge on any atom is -0.479 e. The highest BCUT2D eigenvalue weighted by atomic mass is 79.9. The fraction of sp³-hybridized carbons (Fsp3) is 0.300. The van der Waals surface area contributed by atoms with Gasteiger partial charge in [-0.15, -0.1) is 0 Å². The molecule has 0 aliphatic rings. The van der Waals surface area contributed by atoms with E-state index >= 15 is 0 Å². The summed E-state index contributed by atoms with van der Waals surface area (Å²) in [5.41, 5.74) is 0. The summed E-state index contributed by atoms with van der Waals surface area (Å²) >= 11 is 3.02. The molecule has 0 aromatic heterocycles. The molecule has 1 rings (SSSR count). The van der Waals surface area contributed by atoms with Gasteiger partial charge in [0.2, 0.25) is 0 Å². The topological polar surface area (TPSA) is 35.5 Å². The highest BCUT2D eigenvalue weighted by Crippen LogP contribution is 2.21. The Bertz CT molecular complexity index is 368. The van der Waals surface area contributed by atoms with E-state index in [-0.39, 0.29) is 5.75 Å². The van der Waals surface area contributed by atoms with Gasteiger partial charge in [0.15, 0.2) is 6.10 Å². The number of esters is 1. The van der Waals surface area contributed by atoms with Gasteiger partial charge in [0.1, 0.15) is 11.6 Å². The van der Waals surface area contributed by atoms with E-state index in [9.17, 15) is 9.18 Å². The molecule has 15 heavy (non-hydrogen) atoms. The summed E-state index contributed by atoms with van der Waals surface area (Å²) in [5.74, 6) is -0.656. The smallest absolute Gasteiger partial charge is 0.346 e. The molecule has 0 spiro atoms. The maximum atomic E-state index is 13.1. The number of carbonyl (C=O) groups excluding carboxylic acids is 1. The van der Waals surface area contributed by atoms with Crippen LogP contribution >= 0.6 is 15.9 Å². The molecular formula is C10H10BrFO3. The summed E-state index contributed by atoms with van der Waals surface area (Å²) < 4.78 is 23.1. The summed E-state index contributed by atoms with van der Waals surface area (Å²) in [7, 11) is 1.27. The molecule has 1 aromatic rings. The second-order valence-electron chi connectivity index (χ2n) is 2.86. The van der Waals surface area contributed by atoms with Crippen molar-refractivity contribution < 1.29 is 18.7 Å². The average Bonchev–Trinajstić information content (AvgIpc) is 2.22. The van der Waals surface area contributed by atoms with Crippen molar-refractivity contribution in [2.45, 2.75) is 13.0 Å². The second kappa shape index (κ2) is 5.11. The number of halogens is 2. The number of hydrogen-bond donors (Lipinski definition) is 0. The molecule has 5 heteroatoms. The first kappa shape index (κ1) is 12.0. The third-order valence-corrected chi connectivity index (χ3v) is 2.38. The summed E-state index contributed by atoms with van der Waals surface area (Å²) in [6, 6.07) is 4.27. The molecule has 0 radical (unpaired) electrons. The van der Waals surface area contributed by atoms with E-state index in [2.05, 4.69) is 20.7 Å². The predicted molar refractivity (Wildman–Crippen MR) is 56.2 cm³/mol. The van der Waals surface area contributed by atoms with Crippen molar-refractivity contribution in [1.29, 1.82) is 0 Å². The van der Waals surface area contributed by atoms with Crippen LogP contribution in [0.15, 0.2) is 22.7 Å². The number of benzene rings is 1. The van der Waals surface area contributed by atoms with Crippen LogP contribution in [0.2, 0.25) is 0 Å². The Morgan fingerprint density at radius 1 is 1.53 bits per heavy atom. The number of ether oxygens (including phenoxy) is 2. The lowest BCUT2D eigenvalue weighted by atomic mass is 10.3. The highest BCUT2D eigenvalue weighted by Gasteiger charge is 2.15. The van der Waals surface area contributed by atoms with E-state index in [1.54, 1.807) is 6.07 Å². The highest BCUT2D eigenvalue weighted by molar-refractivity contribution is 9.10. The van der Waals surface area contributed by atoms with Crippen molar-refractivity contribution in [1.82, 2.24) is 0 Å². The molecule has 1 unspecified atom stereocenters. The number of carbonyl (C=O) groups is 1. The number of rotatable bonds is 3. The van der Waals surface area contributed by atoms with E-state index in [1.165, 1.54) is 26.2 Å². The van der Waals surface area contributed by atoms with Gasteiger partial charge < -0.3 is 9.47 Å². The Labute approximate surface area is 95.3 Å². The van der Waals surface area contributed by atoms with Gasteiger partial charge in [-0.2, -0.15) is 0 Å². The third-order valence-electron chi connectivity index (χ3n) is 1.74. The Hall–Kier alpha value is -1.10. The van der Waals surface area contributed by atoms with E-state index in [0.29, 0.717) is 4.47 Å². The van der Waals surface area contributed by atoms with Crippen LogP contribution in [-0.4, -0.2) is 19.2 Å². The zero-order valence-electron chi connectivity index (χ0n) is 8.29. The van der Waals surface area contributed by atoms with Crippen LogP contribution in [0.25, 0.3) is 0 Å². The number of methoxy groups -OCH3 is 1. The van der Waals surface area contributed by atoms with Crippen LogP contribution < -0.4 is 4.74 Å². The molecule has 0 aliphatic carbocycles. The minimum atomic E-state index is -0.754. The van der Waals surface area contributed by atoms with Crippen molar-refractivity contribution in [2.24, 2.45) is 0 Å². The normalized spacial score (nSPS) is 12.0.